The molecule has 3 heterocycles. The van der Waals surface area contributed by atoms with Crippen LogP contribution in [0.15, 0.2) is 42.5 Å². The zero-order valence-electron chi connectivity index (χ0n) is 16.4. The third kappa shape index (κ3) is 3.64. The minimum Gasteiger partial charge on any atom is -0.454 e. The van der Waals surface area contributed by atoms with Gasteiger partial charge in [0.1, 0.15) is 0 Å². The summed E-state index contributed by atoms with van der Waals surface area (Å²) < 4.78 is 10.8. The molecule has 2 aromatic rings. The molecule has 0 aromatic heterocycles. The fraction of sp³-hybridized carbons (Fsp3) is 0.364. The van der Waals surface area contributed by atoms with Crippen LogP contribution in [0.3, 0.4) is 0 Å². The van der Waals surface area contributed by atoms with E-state index in [1.807, 2.05) is 12.1 Å². The number of halogens is 1. The minimum absolute atomic E-state index is 0.147. The molecule has 0 aliphatic carbocycles. The Morgan fingerprint density at radius 3 is 2.43 bits per heavy atom. The maximum absolute atomic E-state index is 13.0. The van der Waals surface area contributed by atoms with Crippen molar-refractivity contribution in [3.8, 4) is 11.5 Å². The Labute approximate surface area is 179 Å². The SMILES string of the molecule is O=C1C[C@H](N2CCN(Cc3ccc4c(c3)OCO4)CC2)C(=O)N1c1ccc(Cl)cc1. The van der Waals surface area contributed by atoms with Gasteiger partial charge in [-0.25, -0.2) is 4.90 Å². The number of carbonyl (C=O) groups is 2. The largest absolute Gasteiger partial charge is 0.454 e. The number of ether oxygens (including phenoxy) is 2. The lowest BCUT2D eigenvalue weighted by Crippen LogP contribution is -2.52. The van der Waals surface area contributed by atoms with Crippen LogP contribution >= 0.6 is 11.6 Å². The smallest absolute Gasteiger partial charge is 0.251 e. The molecule has 0 bridgehead atoms. The number of anilines is 1. The van der Waals surface area contributed by atoms with Crippen molar-refractivity contribution in [2.75, 3.05) is 37.9 Å². The monoisotopic (exact) mass is 427 g/mol. The summed E-state index contributed by atoms with van der Waals surface area (Å²) in [5.41, 5.74) is 1.76. The van der Waals surface area contributed by atoms with Crippen molar-refractivity contribution in [2.24, 2.45) is 0 Å². The van der Waals surface area contributed by atoms with Crippen LogP contribution in [-0.4, -0.2) is 60.6 Å². The van der Waals surface area contributed by atoms with Gasteiger partial charge in [-0.3, -0.25) is 19.4 Å². The lowest BCUT2D eigenvalue weighted by atomic mass is 10.1. The molecule has 30 heavy (non-hydrogen) atoms. The number of benzene rings is 2. The molecule has 8 heteroatoms. The molecule has 0 saturated carbocycles. The third-order valence-electron chi connectivity index (χ3n) is 5.90. The van der Waals surface area contributed by atoms with Gasteiger partial charge < -0.3 is 9.47 Å². The number of carbonyl (C=O) groups excluding carboxylic acids is 2. The molecule has 2 saturated heterocycles. The molecule has 0 unspecified atom stereocenters. The van der Waals surface area contributed by atoms with Gasteiger partial charge >= 0.3 is 0 Å². The third-order valence-corrected chi connectivity index (χ3v) is 6.15. The van der Waals surface area contributed by atoms with Crippen LogP contribution in [0.1, 0.15) is 12.0 Å². The first-order valence-electron chi connectivity index (χ1n) is 10.1. The highest BCUT2D eigenvalue weighted by Gasteiger charge is 2.43. The molecule has 3 aliphatic rings. The van der Waals surface area contributed by atoms with Crippen LogP contribution in [0, 0.1) is 0 Å². The Balaban J connectivity index is 1.20. The molecule has 0 spiro atoms. The molecular formula is C22H22ClN3O4. The highest BCUT2D eigenvalue weighted by molar-refractivity contribution is 6.30. The summed E-state index contributed by atoms with van der Waals surface area (Å²) in [5.74, 6) is 1.28. The molecule has 156 valence electrons. The quantitative estimate of drug-likeness (QED) is 0.699. The van der Waals surface area contributed by atoms with Crippen molar-refractivity contribution in [3.05, 3.63) is 53.1 Å². The summed E-state index contributed by atoms with van der Waals surface area (Å²) in [7, 11) is 0. The van der Waals surface area contributed by atoms with Gasteiger partial charge in [0.2, 0.25) is 12.7 Å². The first-order chi connectivity index (χ1) is 14.6. The zero-order valence-corrected chi connectivity index (χ0v) is 17.2. The summed E-state index contributed by atoms with van der Waals surface area (Å²) >= 11 is 5.93. The standard InChI is InChI=1S/C22H22ClN3O4/c23-16-2-4-17(5-3-16)26-21(27)12-18(22(26)28)25-9-7-24(8-10-25)13-15-1-6-19-20(11-15)30-14-29-19/h1-6,11,18H,7-10,12-14H2/t18-/m0/s1. The van der Waals surface area contributed by atoms with E-state index in [2.05, 4.69) is 15.9 Å². The van der Waals surface area contributed by atoms with E-state index in [1.165, 1.54) is 10.5 Å². The van der Waals surface area contributed by atoms with Crippen LogP contribution in [0.25, 0.3) is 0 Å². The fourth-order valence-electron chi connectivity index (χ4n) is 4.29. The lowest BCUT2D eigenvalue weighted by Gasteiger charge is -2.37. The number of hydrogen-bond donors (Lipinski definition) is 0. The van der Waals surface area contributed by atoms with Crippen LogP contribution in [0.4, 0.5) is 5.69 Å². The van der Waals surface area contributed by atoms with Crippen molar-refractivity contribution < 1.29 is 19.1 Å². The fourth-order valence-corrected chi connectivity index (χ4v) is 4.42. The number of nitrogens with zero attached hydrogens (tertiary/aromatic N) is 3. The number of piperazine rings is 1. The van der Waals surface area contributed by atoms with E-state index in [1.54, 1.807) is 24.3 Å². The summed E-state index contributed by atoms with van der Waals surface area (Å²) in [4.78, 5) is 31.3. The number of hydrogen-bond acceptors (Lipinski definition) is 6. The second-order valence-electron chi connectivity index (χ2n) is 7.76. The van der Waals surface area contributed by atoms with Gasteiger partial charge in [-0.1, -0.05) is 17.7 Å². The van der Waals surface area contributed by atoms with E-state index in [0.29, 0.717) is 10.7 Å². The molecule has 2 aromatic carbocycles. The molecule has 0 radical (unpaired) electrons. The number of imide groups is 1. The van der Waals surface area contributed by atoms with Crippen LogP contribution in [0.5, 0.6) is 11.5 Å². The van der Waals surface area contributed by atoms with Gasteiger partial charge in [-0.15, -0.1) is 0 Å². The second kappa shape index (κ2) is 7.91. The first-order valence-corrected chi connectivity index (χ1v) is 10.4. The second-order valence-corrected chi connectivity index (χ2v) is 8.20. The average Bonchev–Trinajstić information content (AvgIpc) is 3.33. The Morgan fingerprint density at radius 1 is 0.933 bits per heavy atom. The summed E-state index contributed by atoms with van der Waals surface area (Å²) in [6.45, 7) is 4.28. The maximum atomic E-state index is 13.0. The Kier molecular flexibility index (Phi) is 5.10. The highest BCUT2D eigenvalue weighted by atomic mass is 35.5. The van der Waals surface area contributed by atoms with Gasteiger partial charge in [0.05, 0.1) is 18.2 Å². The highest BCUT2D eigenvalue weighted by Crippen LogP contribution is 2.33. The van der Waals surface area contributed by atoms with Crippen molar-refractivity contribution in [1.82, 2.24) is 9.80 Å². The van der Waals surface area contributed by atoms with Crippen LogP contribution in [0.2, 0.25) is 5.02 Å². The summed E-state index contributed by atoms with van der Waals surface area (Å²) in [6, 6.07) is 12.5. The van der Waals surface area contributed by atoms with Crippen molar-refractivity contribution in [2.45, 2.75) is 19.0 Å². The summed E-state index contributed by atoms with van der Waals surface area (Å²) in [6.07, 6.45) is 0.226. The van der Waals surface area contributed by atoms with Crippen molar-refractivity contribution in [3.63, 3.8) is 0 Å². The number of rotatable bonds is 4. The van der Waals surface area contributed by atoms with E-state index in [4.69, 9.17) is 21.1 Å². The predicted octanol–water partition coefficient (Wildman–Crippen LogP) is 2.52. The molecule has 2 fully saturated rings. The molecule has 3 aliphatic heterocycles. The van der Waals surface area contributed by atoms with E-state index < -0.39 is 0 Å². The Bertz CT molecular complexity index is 973. The first kappa shape index (κ1) is 19.4. The molecule has 5 rings (SSSR count). The average molecular weight is 428 g/mol. The maximum Gasteiger partial charge on any atom is 0.251 e. The Morgan fingerprint density at radius 2 is 1.67 bits per heavy atom. The van der Waals surface area contributed by atoms with Crippen LogP contribution < -0.4 is 14.4 Å². The van der Waals surface area contributed by atoms with Gasteiger partial charge in [0.25, 0.3) is 5.91 Å². The van der Waals surface area contributed by atoms with E-state index in [9.17, 15) is 9.59 Å². The molecule has 0 N–H and O–H groups in total. The van der Waals surface area contributed by atoms with Crippen LogP contribution in [-0.2, 0) is 16.1 Å². The van der Waals surface area contributed by atoms with Crippen molar-refractivity contribution in [1.29, 1.82) is 0 Å². The number of amides is 2. The van der Waals surface area contributed by atoms with Crippen molar-refractivity contribution >= 4 is 29.1 Å². The molecule has 1 atom stereocenters. The normalized spacial score (nSPS) is 22.2. The van der Waals surface area contributed by atoms with Gasteiger partial charge in [-0.2, -0.15) is 0 Å². The predicted molar refractivity (Wildman–Crippen MR) is 112 cm³/mol. The van der Waals surface area contributed by atoms with E-state index in [0.717, 1.165) is 44.2 Å². The van der Waals surface area contributed by atoms with Gasteiger partial charge in [0, 0.05) is 37.7 Å². The molecule has 7 nitrogen and oxygen atoms in total. The molecule has 2 amide bonds. The topological polar surface area (TPSA) is 62.3 Å². The summed E-state index contributed by atoms with van der Waals surface area (Å²) in [5, 5.41) is 0.577. The number of fused-ring (bicyclic) bond motifs is 1. The Hall–Kier alpha value is -2.61. The van der Waals surface area contributed by atoms with E-state index >= 15 is 0 Å². The molecular weight excluding hydrogens is 406 g/mol. The zero-order chi connectivity index (χ0) is 20.7. The minimum atomic E-state index is -0.388. The van der Waals surface area contributed by atoms with Gasteiger partial charge in [0.15, 0.2) is 11.5 Å². The van der Waals surface area contributed by atoms with Gasteiger partial charge in [-0.05, 0) is 42.0 Å². The lowest BCUT2D eigenvalue weighted by molar-refractivity contribution is -0.123. The van der Waals surface area contributed by atoms with E-state index in [-0.39, 0.29) is 31.1 Å².